The number of Topliss-reactive ketones (excluding diaryl/α,β-unsaturated/α-hetero) is 1. The standard InChI is InChI=1S/C18H16N2OS/c1-12-7-8-18(22-12)13-9-16-15(17(21)10-13)11-19-20(16)14-5-3-2-4-6-14/h2-8,11,13H,9-10H2,1H3. The van der Waals surface area contributed by atoms with E-state index in [1.54, 1.807) is 17.5 Å². The van der Waals surface area contributed by atoms with Gasteiger partial charge in [-0.2, -0.15) is 5.10 Å². The summed E-state index contributed by atoms with van der Waals surface area (Å²) < 4.78 is 1.92. The highest BCUT2D eigenvalue weighted by Gasteiger charge is 2.30. The van der Waals surface area contributed by atoms with Crippen molar-refractivity contribution in [3.8, 4) is 5.69 Å². The van der Waals surface area contributed by atoms with Gasteiger partial charge in [0.2, 0.25) is 0 Å². The second kappa shape index (κ2) is 5.21. The number of carbonyl (C=O) groups excluding carboxylic acids is 1. The molecule has 1 aromatic carbocycles. The number of hydrogen-bond acceptors (Lipinski definition) is 3. The largest absolute Gasteiger partial charge is 0.294 e. The molecule has 0 bridgehead atoms. The van der Waals surface area contributed by atoms with E-state index in [2.05, 4.69) is 24.2 Å². The fraction of sp³-hybridized carbons (Fsp3) is 0.222. The molecular weight excluding hydrogens is 292 g/mol. The molecule has 1 aliphatic rings. The Kier molecular flexibility index (Phi) is 3.19. The van der Waals surface area contributed by atoms with Crippen LogP contribution in [0.5, 0.6) is 0 Å². The lowest BCUT2D eigenvalue weighted by atomic mass is 9.86. The van der Waals surface area contributed by atoms with E-state index < -0.39 is 0 Å². The first-order chi connectivity index (χ1) is 10.7. The molecule has 0 spiro atoms. The highest BCUT2D eigenvalue weighted by molar-refractivity contribution is 7.12. The molecule has 1 aliphatic carbocycles. The van der Waals surface area contributed by atoms with Gasteiger partial charge >= 0.3 is 0 Å². The van der Waals surface area contributed by atoms with Gasteiger partial charge in [-0.15, -0.1) is 11.3 Å². The molecule has 4 heteroatoms. The fourth-order valence-electron chi connectivity index (χ4n) is 3.11. The van der Waals surface area contributed by atoms with E-state index in [1.807, 2.05) is 35.0 Å². The zero-order chi connectivity index (χ0) is 15.1. The van der Waals surface area contributed by atoms with E-state index in [0.717, 1.165) is 23.4 Å². The van der Waals surface area contributed by atoms with Crippen molar-refractivity contribution in [2.75, 3.05) is 0 Å². The van der Waals surface area contributed by atoms with Gasteiger partial charge in [0.05, 0.1) is 23.1 Å². The van der Waals surface area contributed by atoms with E-state index in [9.17, 15) is 4.79 Å². The average molecular weight is 308 g/mol. The number of benzene rings is 1. The molecule has 3 aromatic rings. The molecule has 0 N–H and O–H groups in total. The molecule has 110 valence electrons. The average Bonchev–Trinajstić information content (AvgIpc) is 3.14. The van der Waals surface area contributed by atoms with Crippen molar-refractivity contribution in [3.05, 3.63) is 69.7 Å². The van der Waals surface area contributed by atoms with Crippen LogP contribution in [-0.2, 0) is 6.42 Å². The van der Waals surface area contributed by atoms with Gasteiger partial charge in [-0.05, 0) is 37.6 Å². The summed E-state index contributed by atoms with van der Waals surface area (Å²) in [5, 5.41) is 4.45. The molecule has 0 saturated carbocycles. The van der Waals surface area contributed by atoms with Crippen LogP contribution in [-0.4, -0.2) is 15.6 Å². The number of hydrogen-bond donors (Lipinski definition) is 0. The van der Waals surface area contributed by atoms with Crippen LogP contribution >= 0.6 is 11.3 Å². The van der Waals surface area contributed by atoms with Crippen LogP contribution in [0.3, 0.4) is 0 Å². The summed E-state index contributed by atoms with van der Waals surface area (Å²) in [4.78, 5) is 15.1. The second-order valence-corrected chi connectivity index (χ2v) is 7.05. The monoisotopic (exact) mass is 308 g/mol. The minimum absolute atomic E-state index is 0.208. The second-order valence-electron chi connectivity index (χ2n) is 5.73. The molecule has 4 rings (SSSR count). The summed E-state index contributed by atoms with van der Waals surface area (Å²) in [5.74, 6) is 0.484. The minimum atomic E-state index is 0.208. The van der Waals surface area contributed by atoms with Crippen molar-refractivity contribution in [2.45, 2.75) is 25.7 Å². The molecule has 1 unspecified atom stereocenters. The predicted octanol–water partition coefficient (Wildman–Crippen LogP) is 4.15. The number of ketones is 1. The van der Waals surface area contributed by atoms with Gasteiger partial charge in [-0.3, -0.25) is 4.79 Å². The van der Waals surface area contributed by atoms with Crippen molar-refractivity contribution in [2.24, 2.45) is 0 Å². The minimum Gasteiger partial charge on any atom is -0.294 e. The molecule has 0 fully saturated rings. The first-order valence-corrected chi connectivity index (χ1v) is 8.26. The summed E-state index contributed by atoms with van der Waals surface area (Å²) >= 11 is 1.79. The van der Waals surface area contributed by atoms with Gasteiger partial charge in [0.15, 0.2) is 5.78 Å². The molecule has 0 aliphatic heterocycles. The Morgan fingerprint density at radius 2 is 1.95 bits per heavy atom. The summed E-state index contributed by atoms with van der Waals surface area (Å²) in [5.41, 5.74) is 2.84. The fourth-order valence-corrected chi connectivity index (χ4v) is 4.09. The predicted molar refractivity (Wildman–Crippen MR) is 88.0 cm³/mol. The Hall–Kier alpha value is -2.20. The van der Waals surface area contributed by atoms with E-state index in [1.165, 1.54) is 9.75 Å². The first kappa shape index (κ1) is 13.5. The van der Waals surface area contributed by atoms with Crippen molar-refractivity contribution in [1.29, 1.82) is 0 Å². The van der Waals surface area contributed by atoms with Gasteiger partial charge in [-0.1, -0.05) is 18.2 Å². The Balaban J connectivity index is 1.76. The first-order valence-electron chi connectivity index (χ1n) is 7.44. The third-order valence-electron chi connectivity index (χ3n) is 4.21. The van der Waals surface area contributed by atoms with E-state index >= 15 is 0 Å². The van der Waals surface area contributed by atoms with Crippen molar-refractivity contribution >= 4 is 17.1 Å². The molecule has 3 nitrogen and oxygen atoms in total. The number of thiophene rings is 1. The van der Waals surface area contributed by atoms with E-state index in [0.29, 0.717) is 6.42 Å². The number of rotatable bonds is 2. The zero-order valence-corrected chi connectivity index (χ0v) is 13.1. The molecule has 2 aromatic heterocycles. The van der Waals surface area contributed by atoms with Crippen LogP contribution in [0.15, 0.2) is 48.7 Å². The molecular formula is C18H16N2OS. The van der Waals surface area contributed by atoms with Crippen molar-refractivity contribution in [1.82, 2.24) is 9.78 Å². The third kappa shape index (κ3) is 2.20. The summed E-state index contributed by atoms with van der Waals surface area (Å²) in [6.07, 6.45) is 3.18. The highest BCUT2D eigenvalue weighted by atomic mass is 32.1. The SMILES string of the molecule is Cc1ccc(C2CC(=O)c3cnn(-c4ccccc4)c3C2)s1. The molecule has 2 heterocycles. The van der Waals surface area contributed by atoms with Crippen LogP contribution in [0.4, 0.5) is 0 Å². The number of aromatic nitrogens is 2. The molecule has 22 heavy (non-hydrogen) atoms. The van der Waals surface area contributed by atoms with Crippen LogP contribution < -0.4 is 0 Å². The number of fused-ring (bicyclic) bond motifs is 1. The highest BCUT2D eigenvalue weighted by Crippen LogP contribution is 2.36. The van der Waals surface area contributed by atoms with Gasteiger partial charge in [0.1, 0.15) is 0 Å². The topological polar surface area (TPSA) is 34.9 Å². The number of carbonyl (C=O) groups is 1. The number of nitrogens with zero attached hydrogens (tertiary/aromatic N) is 2. The third-order valence-corrected chi connectivity index (χ3v) is 5.37. The number of aryl methyl sites for hydroxylation is 1. The molecule has 1 atom stereocenters. The van der Waals surface area contributed by atoms with E-state index in [-0.39, 0.29) is 11.7 Å². The van der Waals surface area contributed by atoms with Crippen molar-refractivity contribution < 1.29 is 4.79 Å². The maximum Gasteiger partial charge on any atom is 0.166 e. The lowest BCUT2D eigenvalue weighted by Gasteiger charge is -2.21. The Labute approximate surface area is 133 Å². The van der Waals surface area contributed by atoms with E-state index in [4.69, 9.17) is 0 Å². The quantitative estimate of drug-likeness (QED) is 0.712. The lowest BCUT2D eigenvalue weighted by molar-refractivity contribution is 0.0964. The van der Waals surface area contributed by atoms with Crippen LogP contribution in [0.25, 0.3) is 5.69 Å². The van der Waals surface area contributed by atoms with Gasteiger partial charge < -0.3 is 0 Å². The normalized spacial score (nSPS) is 17.5. The van der Waals surface area contributed by atoms with Gasteiger partial charge in [0, 0.05) is 22.1 Å². The number of para-hydroxylation sites is 1. The molecule has 0 saturated heterocycles. The Morgan fingerprint density at radius 3 is 2.68 bits per heavy atom. The summed E-state index contributed by atoms with van der Waals surface area (Å²) in [6, 6.07) is 14.3. The smallest absolute Gasteiger partial charge is 0.166 e. The molecule has 0 amide bonds. The Bertz CT molecular complexity index is 832. The van der Waals surface area contributed by atoms with Crippen molar-refractivity contribution in [3.63, 3.8) is 0 Å². The summed E-state index contributed by atoms with van der Waals surface area (Å²) in [6.45, 7) is 2.11. The summed E-state index contributed by atoms with van der Waals surface area (Å²) in [7, 11) is 0. The zero-order valence-electron chi connectivity index (χ0n) is 12.3. The lowest BCUT2D eigenvalue weighted by Crippen LogP contribution is -2.19. The van der Waals surface area contributed by atoms with Crippen LogP contribution in [0.2, 0.25) is 0 Å². The van der Waals surface area contributed by atoms with Crippen LogP contribution in [0, 0.1) is 6.92 Å². The maximum atomic E-state index is 12.5. The molecule has 0 radical (unpaired) electrons. The van der Waals surface area contributed by atoms with Gasteiger partial charge in [-0.25, -0.2) is 4.68 Å². The Morgan fingerprint density at radius 1 is 1.14 bits per heavy atom. The maximum absolute atomic E-state index is 12.5. The van der Waals surface area contributed by atoms with Crippen LogP contribution in [0.1, 0.15) is 38.1 Å². The van der Waals surface area contributed by atoms with Gasteiger partial charge in [0.25, 0.3) is 0 Å².